The minimum absolute atomic E-state index is 0.0392. The molecule has 7 rings (SSSR count). The molecule has 14 heteroatoms. The molecule has 6 heterocycles. The van der Waals surface area contributed by atoms with Gasteiger partial charge in [-0.25, -0.2) is 24.3 Å². The SMILES string of the molecule is CCc1nc2ccc(-c3cnc(N4CCN(C(=O)[C@@H]5C[C@H](O)CN5)CC4)nc3)cn2c1N(C)c1nc(-c2ccc(F)cc2)c(C#N)s1. The van der Waals surface area contributed by atoms with E-state index >= 15 is 0 Å². The second-order valence-electron chi connectivity index (χ2n) is 11.7. The number of aryl methyl sites for hydroxylation is 1. The van der Waals surface area contributed by atoms with E-state index in [4.69, 9.17) is 9.97 Å². The molecule has 2 saturated heterocycles. The maximum Gasteiger partial charge on any atom is 0.239 e. The topological polar surface area (TPSA) is 139 Å². The third-order valence-corrected chi connectivity index (χ3v) is 9.73. The minimum Gasteiger partial charge on any atom is -0.392 e. The number of hydrogen-bond acceptors (Lipinski definition) is 11. The molecule has 4 aromatic heterocycles. The quantitative estimate of drug-likeness (QED) is 0.268. The molecule has 0 saturated carbocycles. The molecule has 47 heavy (non-hydrogen) atoms. The largest absolute Gasteiger partial charge is 0.392 e. The first-order chi connectivity index (χ1) is 22.8. The van der Waals surface area contributed by atoms with Crippen LogP contribution in [0, 0.1) is 17.1 Å². The molecule has 1 amide bonds. The van der Waals surface area contributed by atoms with E-state index in [2.05, 4.69) is 26.3 Å². The Kier molecular flexibility index (Phi) is 8.27. The number of carbonyl (C=O) groups is 1. The number of anilines is 3. The number of nitrogens with one attached hydrogen (secondary N) is 1. The van der Waals surface area contributed by atoms with Gasteiger partial charge < -0.3 is 25.1 Å². The van der Waals surface area contributed by atoms with Crippen molar-refractivity contribution in [1.82, 2.24) is 34.6 Å². The van der Waals surface area contributed by atoms with Gasteiger partial charge in [0.25, 0.3) is 0 Å². The van der Waals surface area contributed by atoms with Gasteiger partial charge in [-0.2, -0.15) is 5.26 Å². The number of nitriles is 1. The monoisotopic (exact) mass is 652 g/mol. The summed E-state index contributed by atoms with van der Waals surface area (Å²) in [4.78, 5) is 38.1. The third kappa shape index (κ3) is 5.89. The molecule has 2 fully saturated rings. The van der Waals surface area contributed by atoms with Crippen molar-refractivity contribution in [3.63, 3.8) is 0 Å². The zero-order chi connectivity index (χ0) is 32.7. The fourth-order valence-electron chi connectivity index (χ4n) is 6.15. The number of fused-ring (bicyclic) bond motifs is 1. The van der Waals surface area contributed by atoms with E-state index in [1.807, 2.05) is 46.5 Å². The summed E-state index contributed by atoms with van der Waals surface area (Å²) in [6, 6.07) is 11.9. The Bertz CT molecular complexity index is 1960. The molecule has 2 atom stereocenters. The number of aromatic nitrogens is 5. The number of amides is 1. The first-order valence-electron chi connectivity index (χ1n) is 15.5. The molecule has 5 aromatic rings. The summed E-state index contributed by atoms with van der Waals surface area (Å²) in [5.41, 5.74) is 4.60. The van der Waals surface area contributed by atoms with Crippen LogP contribution in [0.4, 0.5) is 21.3 Å². The number of imidazole rings is 1. The Labute approximate surface area is 274 Å². The lowest BCUT2D eigenvalue weighted by Crippen LogP contribution is -2.53. The normalized spacial score (nSPS) is 18.1. The Morgan fingerprint density at radius 2 is 1.81 bits per heavy atom. The fourth-order valence-corrected chi connectivity index (χ4v) is 7.00. The first kappa shape index (κ1) is 30.7. The Morgan fingerprint density at radius 3 is 2.47 bits per heavy atom. The van der Waals surface area contributed by atoms with Crippen LogP contribution in [0.5, 0.6) is 0 Å². The molecule has 240 valence electrons. The summed E-state index contributed by atoms with van der Waals surface area (Å²) in [6.45, 7) is 4.91. The van der Waals surface area contributed by atoms with Crippen LogP contribution >= 0.6 is 11.3 Å². The highest BCUT2D eigenvalue weighted by Crippen LogP contribution is 2.37. The number of hydrogen-bond donors (Lipinski definition) is 2. The highest BCUT2D eigenvalue weighted by Gasteiger charge is 2.33. The number of carbonyl (C=O) groups excluding carboxylic acids is 1. The fraction of sp³-hybridized carbons (Fsp3) is 0.333. The number of pyridine rings is 1. The van der Waals surface area contributed by atoms with E-state index in [1.165, 1.54) is 23.5 Å². The number of thiazole rings is 1. The summed E-state index contributed by atoms with van der Waals surface area (Å²) in [5, 5.41) is 23.3. The molecule has 2 aliphatic rings. The average molecular weight is 653 g/mol. The predicted octanol–water partition coefficient (Wildman–Crippen LogP) is 3.63. The molecule has 0 bridgehead atoms. The molecular weight excluding hydrogens is 619 g/mol. The molecule has 0 radical (unpaired) electrons. The zero-order valence-electron chi connectivity index (χ0n) is 26.0. The number of benzene rings is 1. The van der Waals surface area contributed by atoms with Gasteiger partial charge >= 0.3 is 0 Å². The van der Waals surface area contributed by atoms with Gasteiger partial charge in [0.05, 0.1) is 17.8 Å². The van der Waals surface area contributed by atoms with Crippen molar-refractivity contribution in [3.05, 3.63) is 71.4 Å². The number of piperazine rings is 1. The van der Waals surface area contributed by atoms with Crippen molar-refractivity contribution in [2.24, 2.45) is 0 Å². The molecule has 0 unspecified atom stereocenters. The second-order valence-corrected chi connectivity index (χ2v) is 12.6. The molecular formula is C33H33FN10O2S. The molecule has 2 aliphatic heterocycles. The van der Waals surface area contributed by atoms with Gasteiger partial charge in [0.2, 0.25) is 11.9 Å². The Hall–Kier alpha value is -4.97. The van der Waals surface area contributed by atoms with E-state index in [1.54, 1.807) is 24.5 Å². The van der Waals surface area contributed by atoms with Gasteiger partial charge in [0.1, 0.15) is 33.9 Å². The van der Waals surface area contributed by atoms with Crippen LogP contribution < -0.4 is 15.1 Å². The Balaban J connectivity index is 1.11. The number of aliphatic hydroxyl groups is 1. The lowest BCUT2D eigenvalue weighted by molar-refractivity contribution is -0.133. The predicted molar refractivity (Wildman–Crippen MR) is 177 cm³/mol. The van der Waals surface area contributed by atoms with Crippen LogP contribution in [-0.2, 0) is 11.2 Å². The van der Waals surface area contributed by atoms with Gasteiger partial charge in [0.15, 0.2) is 5.13 Å². The number of nitrogens with zero attached hydrogens (tertiary/aromatic N) is 9. The highest BCUT2D eigenvalue weighted by molar-refractivity contribution is 7.16. The molecule has 0 aliphatic carbocycles. The van der Waals surface area contributed by atoms with E-state index in [0.29, 0.717) is 72.8 Å². The summed E-state index contributed by atoms with van der Waals surface area (Å²) >= 11 is 1.28. The van der Waals surface area contributed by atoms with E-state index in [-0.39, 0.29) is 17.8 Å². The number of halogens is 1. The number of rotatable bonds is 7. The second kappa shape index (κ2) is 12.7. The summed E-state index contributed by atoms with van der Waals surface area (Å²) < 4.78 is 15.6. The van der Waals surface area contributed by atoms with Crippen LogP contribution in [0.3, 0.4) is 0 Å². The van der Waals surface area contributed by atoms with Crippen molar-refractivity contribution in [2.75, 3.05) is 49.6 Å². The first-order valence-corrected chi connectivity index (χ1v) is 16.3. The van der Waals surface area contributed by atoms with Crippen LogP contribution in [0.2, 0.25) is 0 Å². The zero-order valence-corrected chi connectivity index (χ0v) is 26.8. The minimum atomic E-state index is -0.467. The van der Waals surface area contributed by atoms with Gasteiger partial charge in [-0.15, -0.1) is 0 Å². The molecule has 12 nitrogen and oxygen atoms in total. The van der Waals surface area contributed by atoms with Crippen LogP contribution in [0.25, 0.3) is 28.0 Å². The Morgan fingerprint density at radius 1 is 1.09 bits per heavy atom. The summed E-state index contributed by atoms with van der Waals surface area (Å²) in [6.07, 6.45) is 6.29. The van der Waals surface area contributed by atoms with Crippen LogP contribution in [0.1, 0.15) is 23.9 Å². The molecule has 1 aromatic carbocycles. The van der Waals surface area contributed by atoms with Crippen LogP contribution in [0.15, 0.2) is 55.0 Å². The lowest BCUT2D eigenvalue weighted by atomic mass is 10.1. The standard InChI is InChI=1S/C33H33FN10O2S/c1-3-25-30(41(2)33-40-29(27(15-35)47-33)20-4-7-23(34)8-5-20)44-19-21(6-9-28(44)39-25)22-16-37-32(38-17-22)43-12-10-42(11-13-43)31(46)26-14-24(45)18-36-26/h4-9,16-17,19,24,26,36,45H,3,10-14,18H2,1-2H3/t24-,26-/m0/s1. The maximum absolute atomic E-state index is 13.6. The van der Waals surface area contributed by atoms with Crippen LogP contribution in [-0.4, -0.2) is 92.2 Å². The summed E-state index contributed by atoms with van der Waals surface area (Å²) in [5.74, 6) is 1.14. The van der Waals surface area contributed by atoms with Crippen molar-refractivity contribution < 1.29 is 14.3 Å². The highest BCUT2D eigenvalue weighted by atomic mass is 32.1. The smallest absolute Gasteiger partial charge is 0.239 e. The van der Waals surface area contributed by atoms with Crippen molar-refractivity contribution in [1.29, 1.82) is 5.26 Å². The molecule has 2 N–H and O–H groups in total. The van der Waals surface area contributed by atoms with Gasteiger partial charge in [0, 0.05) is 75.1 Å². The van der Waals surface area contributed by atoms with E-state index in [9.17, 15) is 19.6 Å². The van der Waals surface area contributed by atoms with Gasteiger partial charge in [-0.05, 0) is 49.2 Å². The van der Waals surface area contributed by atoms with E-state index in [0.717, 1.165) is 28.3 Å². The average Bonchev–Trinajstić information content (AvgIpc) is 3.84. The van der Waals surface area contributed by atoms with Crippen molar-refractivity contribution >= 4 is 39.8 Å². The van der Waals surface area contributed by atoms with Crippen molar-refractivity contribution in [2.45, 2.75) is 31.9 Å². The number of aliphatic hydroxyl groups excluding tert-OH is 1. The van der Waals surface area contributed by atoms with Gasteiger partial charge in [-0.1, -0.05) is 18.3 Å². The molecule has 0 spiro atoms. The maximum atomic E-state index is 13.6. The van der Waals surface area contributed by atoms with Gasteiger partial charge in [-0.3, -0.25) is 9.20 Å². The number of β-amino-alcohol motifs (C(OH)–C–C–N with tert-alkyl or cyclic N) is 1. The van der Waals surface area contributed by atoms with E-state index < -0.39 is 6.10 Å². The van der Waals surface area contributed by atoms with Crippen molar-refractivity contribution in [3.8, 4) is 28.5 Å². The lowest BCUT2D eigenvalue weighted by Gasteiger charge is -2.35. The summed E-state index contributed by atoms with van der Waals surface area (Å²) in [7, 11) is 1.91. The third-order valence-electron chi connectivity index (χ3n) is 8.69.